The van der Waals surface area contributed by atoms with Gasteiger partial charge in [0.25, 0.3) is 0 Å². The van der Waals surface area contributed by atoms with Crippen molar-refractivity contribution in [2.24, 2.45) is 0 Å². The molecule has 0 saturated carbocycles. The molecule has 1 fully saturated rings. The summed E-state index contributed by atoms with van der Waals surface area (Å²) in [5, 5.41) is 6.44. The second-order valence-corrected chi connectivity index (χ2v) is 1.50. The lowest BCUT2D eigenvalue weighted by Crippen LogP contribution is -2.39. The van der Waals surface area contributed by atoms with Crippen molar-refractivity contribution in [3.8, 4) is 0 Å². The second kappa shape index (κ2) is 10.7. The topological polar surface area (TPSA) is 129 Å². The molecule has 0 spiro atoms. The van der Waals surface area contributed by atoms with E-state index in [1.807, 2.05) is 0 Å². The van der Waals surface area contributed by atoms with E-state index in [4.69, 9.17) is 0 Å². The first-order valence-corrected chi connectivity index (χ1v) is 2.41. The Labute approximate surface area is 56.3 Å². The average molecular weight is 137 g/mol. The van der Waals surface area contributed by atoms with Gasteiger partial charge >= 0.3 is 0 Å². The molecule has 1 saturated heterocycles. The van der Waals surface area contributed by atoms with E-state index in [2.05, 4.69) is 10.6 Å². The largest absolute Gasteiger partial charge is 0.344 e. The van der Waals surface area contributed by atoms with Crippen LogP contribution in [0, 0.1) is 0 Å². The zero-order valence-corrected chi connectivity index (χ0v) is 5.95. The number of hydrogen-bond donors (Lipinski definition) is 5. The van der Waals surface area contributed by atoms with E-state index in [0.717, 1.165) is 26.2 Å². The van der Waals surface area contributed by atoms with Crippen molar-refractivity contribution in [2.45, 2.75) is 0 Å². The van der Waals surface area contributed by atoms with Crippen molar-refractivity contribution in [3.05, 3.63) is 0 Å². The molecule has 0 radical (unpaired) electrons. The summed E-state index contributed by atoms with van der Waals surface area (Å²) in [4.78, 5) is 0. The Morgan fingerprint density at radius 2 is 0.778 bits per heavy atom. The third-order valence-electron chi connectivity index (χ3n) is 0.957. The van der Waals surface area contributed by atoms with Gasteiger partial charge in [-0.3, -0.25) is 0 Å². The first-order valence-electron chi connectivity index (χ1n) is 2.41. The van der Waals surface area contributed by atoms with Crippen LogP contribution in [-0.4, -0.2) is 26.2 Å². The molecule has 9 heavy (non-hydrogen) atoms. The van der Waals surface area contributed by atoms with Crippen LogP contribution in [0.4, 0.5) is 0 Å². The average Bonchev–Trinajstić information content (AvgIpc) is 1.72. The summed E-state index contributed by atoms with van der Waals surface area (Å²) in [7, 11) is 0. The second-order valence-electron chi connectivity index (χ2n) is 1.50. The van der Waals surface area contributed by atoms with E-state index in [0.29, 0.717) is 0 Å². The summed E-state index contributed by atoms with van der Waals surface area (Å²) >= 11 is 0. The Morgan fingerprint density at radius 3 is 0.889 bits per heavy atom. The van der Waals surface area contributed by atoms with Gasteiger partial charge in [-0.05, 0) is 0 Å². The maximum atomic E-state index is 3.22. The third-order valence-corrected chi connectivity index (χ3v) is 0.957. The minimum Gasteiger partial charge on any atom is -0.344 e. The van der Waals surface area contributed by atoms with Crippen LogP contribution in [-0.2, 0) is 0 Å². The fourth-order valence-corrected chi connectivity index (χ4v) is 0.604. The molecule has 1 heterocycles. The third kappa shape index (κ3) is 7.80. The summed E-state index contributed by atoms with van der Waals surface area (Å²) in [5.74, 6) is 0. The van der Waals surface area contributed by atoms with Gasteiger partial charge in [0.1, 0.15) is 0 Å². The van der Waals surface area contributed by atoms with Gasteiger partial charge in [-0.25, -0.2) is 0 Å². The van der Waals surface area contributed by atoms with Crippen LogP contribution in [0.5, 0.6) is 0 Å². The molecule has 11 N–H and O–H groups in total. The van der Waals surface area contributed by atoms with E-state index in [-0.39, 0.29) is 18.5 Å². The normalized spacial score (nSPS) is 16.0. The summed E-state index contributed by atoms with van der Waals surface area (Å²) in [5.41, 5.74) is 0. The Bertz CT molecular complexity index is 24.4. The first kappa shape index (κ1) is 15.9. The van der Waals surface area contributed by atoms with Crippen LogP contribution in [0.3, 0.4) is 0 Å². The maximum Gasteiger partial charge on any atom is 0.00772 e. The Balaban J connectivity index is -0.000000120. The SMILES string of the molecule is C1CNCCN1.N.N.N. The molecule has 0 aromatic rings. The van der Waals surface area contributed by atoms with Gasteiger partial charge in [-0.15, -0.1) is 0 Å². The van der Waals surface area contributed by atoms with Crippen molar-refractivity contribution in [1.29, 1.82) is 0 Å². The molecule has 0 aromatic carbocycles. The monoisotopic (exact) mass is 137 g/mol. The smallest absolute Gasteiger partial charge is 0.00772 e. The van der Waals surface area contributed by atoms with E-state index >= 15 is 0 Å². The standard InChI is InChI=1S/C4H10N2.3H3N/c1-2-6-4-3-5-1;;;/h5-6H,1-4H2;3*1H3. The number of hydrogen-bond acceptors (Lipinski definition) is 5. The van der Waals surface area contributed by atoms with Gasteiger partial charge in [0.15, 0.2) is 0 Å². The van der Waals surface area contributed by atoms with Crippen molar-refractivity contribution >= 4 is 0 Å². The molecule has 0 amide bonds. The number of nitrogens with one attached hydrogen (secondary N) is 2. The predicted octanol–water partition coefficient (Wildman–Crippen LogP) is -0.335. The highest BCUT2D eigenvalue weighted by atomic mass is 15.0. The van der Waals surface area contributed by atoms with Crippen LogP contribution < -0.4 is 29.1 Å². The van der Waals surface area contributed by atoms with Gasteiger partial charge in [0.2, 0.25) is 0 Å². The van der Waals surface area contributed by atoms with Gasteiger partial charge in [-0.1, -0.05) is 0 Å². The molecule has 1 aliphatic rings. The molecule has 0 atom stereocenters. The molecular formula is C4H19N5. The minimum absolute atomic E-state index is 0. The zero-order chi connectivity index (χ0) is 4.24. The predicted molar refractivity (Wildman–Crippen MR) is 40.8 cm³/mol. The lowest BCUT2D eigenvalue weighted by Gasteiger charge is -2.11. The molecule has 1 rings (SSSR count). The highest BCUT2D eigenvalue weighted by Gasteiger charge is 1.91. The van der Waals surface area contributed by atoms with Crippen molar-refractivity contribution < 1.29 is 0 Å². The fraction of sp³-hybridized carbons (Fsp3) is 1.00. The zero-order valence-electron chi connectivity index (χ0n) is 5.95. The van der Waals surface area contributed by atoms with E-state index in [1.54, 1.807) is 0 Å². The summed E-state index contributed by atoms with van der Waals surface area (Å²) in [6, 6.07) is 0. The van der Waals surface area contributed by atoms with Gasteiger partial charge in [0, 0.05) is 26.2 Å². The fourth-order valence-electron chi connectivity index (χ4n) is 0.604. The highest BCUT2D eigenvalue weighted by molar-refractivity contribution is 4.59. The molecular weight excluding hydrogens is 118 g/mol. The summed E-state index contributed by atoms with van der Waals surface area (Å²) < 4.78 is 0. The van der Waals surface area contributed by atoms with E-state index < -0.39 is 0 Å². The minimum atomic E-state index is 0. The van der Waals surface area contributed by atoms with E-state index in [1.165, 1.54) is 0 Å². The molecule has 0 aliphatic carbocycles. The Kier molecular flexibility index (Phi) is 19.0. The van der Waals surface area contributed by atoms with Crippen molar-refractivity contribution in [2.75, 3.05) is 26.2 Å². The van der Waals surface area contributed by atoms with Crippen molar-refractivity contribution in [1.82, 2.24) is 29.1 Å². The van der Waals surface area contributed by atoms with Gasteiger partial charge in [-0.2, -0.15) is 0 Å². The van der Waals surface area contributed by atoms with Gasteiger partial charge in [0.05, 0.1) is 0 Å². The number of rotatable bonds is 0. The lowest BCUT2D eigenvalue weighted by molar-refractivity contribution is 0.534. The molecule has 0 aromatic heterocycles. The first-order chi connectivity index (χ1) is 3.00. The molecule has 60 valence electrons. The Morgan fingerprint density at radius 1 is 0.556 bits per heavy atom. The summed E-state index contributed by atoms with van der Waals surface area (Å²) in [6.07, 6.45) is 0. The maximum absolute atomic E-state index is 3.22. The molecule has 0 unspecified atom stereocenters. The molecule has 0 bridgehead atoms. The quantitative estimate of drug-likeness (QED) is 0.312. The lowest BCUT2D eigenvalue weighted by atomic mass is 10.4. The van der Waals surface area contributed by atoms with Crippen LogP contribution in [0.1, 0.15) is 0 Å². The van der Waals surface area contributed by atoms with Crippen LogP contribution in [0.25, 0.3) is 0 Å². The molecule has 1 aliphatic heterocycles. The number of piperazine rings is 1. The molecule has 5 heteroatoms. The highest BCUT2D eigenvalue weighted by Crippen LogP contribution is 1.65. The van der Waals surface area contributed by atoms with Crippen molar-refractivity contribution in [3.63, 3.8) is 0 Å². The van der Waals surface area contributed by atoms with Crippen LogP contribution in [0.2, 0.25) is 0 Å². The van der Waals surface area contributed by atoms with Crippen LogP contribution >= 0.6 is 0 Å². The molecule has 5 nitrogen and oxygen atoms in total. The van der Waals surface area contributed by atoms with Crippen LogP contribution in [0.15, 0.2) is 0 Å². The Hall–Kier alpha value is -0.200. The van der Waals surface area contributed by atoms with Gasteiger partial charge < -0.3 is 29.1 Å². The van der Waals surface area contributed by atoms with E-state index in [9.17, 15) is 0 Å². The summed E-state index contributed by atoms with van der Waals surface area (Å²) in [6.45, 7) is 4.56.